The quantitative estimate of drug-likeness (QED) is 0.892. The molecule has 0 aliphatic carbocycles. The minimum absolute atomic E-state index is 0.138. The number of rotatable bonds is 4. The molecule has 0 aromatic heterocycles. The Morgan fingerprint density at radius 2 is 2.08 bits per heavy atom. The lowest BCUT2D eigenvalue weighted by atomic mass is 10.0. The molecular formula is C18H23N3O3S. The van der Waals surface area contributed by atoms with E-state index >= 15 is 0 Å². The summed E-state index contributed by atoms with van der Waals surface area (Å²) >= 11 is 0.961. The summed E-state index contributed by atoms with van der Waals surface area (Å²) in [6.45, 7) is 5.29. The van der Waals surface area contributed by atoms with Crippen molar-refractivity contribution in [2.24, 2.45) is 0 Å². The number of carbonyl (C=O) groups excluding carboxylic acids is 3. The maximum absolute atomic E-state index is 12.5. The number of hydrogen-bond donors (Lipinski definition) is 1. The molecule has 2 fully saturated rings. The predicted molar refractivity (Wildman–Crippen MR) is 98.7 cm³/mol. The van der Waals surface area contributed by atoms with Gasteiger partial charge in [-0.05, 0) is 49.9 Å². The number of carbonyl (C=O) groups is 3. The van der Waals surface area contributed by atoms with Gasteiger partial charge in [-0.25, -0.2) is 0 Å². The lowest BCUT2D eigenvalue weighted by Gasteiger charge is -2.34. The maximum Gasteiger partial charge on any atom is 0.289 e. The molecule has 25 heavy (non-hydrogen) atoms. The summed E-state index contributed by atoms with van der Waals surface area (Å²) in [5.41, 5.74) is 3.55. The molecule has 2 heterocycles. The SMILES string of the molecule is Cc1ccc(N[C@H]2CCCN(C(=O)CN3C(=O)CSC3=O)C2)cc1C. The molecule has 2 saturated heterocycles. The first-order chi connectivity index (χ1) is 11.9. The number of amides is 3. The van der Waals surface area contributed by atoms with Gasteiger partial charge in [-0.2, -0.15) is 0 Å². The molecule has 7 heteroatoms. The van der Waals surface area contributed by atoms with Gasteiger partial charge in [0.15, 0.2) is 0 Å². The van der Waals surface area contributed by atoms with E-state index in [1.54, 1.807) is 4.90 Å². The summed E-state index contributed by atoms with van der Waals surface area (Å²) in [6, 6.07) is 6.45. The van der Waals surface area contributed by atoms with E-state index < -0.39 is 0 Å². The lowest BCUT2D eigenvalue weighted by molar-refractivity contribution is -0.137. The van der Waals surface area contributed by atoms with Gasteiger partial charge in [0.05, 0.1) is 5.75 Å². The van der Waals surface area contributed by atoms with Crippen molar-refractivity contribution in [2.45, 2.75) is 32.7 Å². The molecule has 2 aliphatic heterocycles. The fourth-order valence-electron chi connectivity index (χ4n) is 3.16. The van der Waals surface area contributed by atoms with E-state index in [4.69, 9.17) is 0 Å². The Balaban J connectivity index is 1.58. The third-order valence-electron chi connectivity index (χ3n) is 4.79. The molecule has 0 saturated carbocycles. The second-order valence-corrected chi connectivity index (χ2v) is 7.58. The summed E-state index contributed by atoms with van der Waals surface area (Å²) < 4.78 is 0. The van der Waals surface area contributed by atoms with Crippen molar-refractivity contribution >= 4 is 34.5 Å². The molecule has 6 nitrogen and oxygen atoms in total. The summed E-state index contributed by atoms with van der Waals surface area (Å²) in [6.07, 6.45) is 1.90. The second kappa shape index (κ2) is 7.47. The Hall–Kier alpha value is -2.02. The van der Waals surface area contributed by atoms with Crippen LogP contribution in [0.4, 0.5) is 10.5 Å². The van der Waals surface area contributed by atoms with Crippen LogP contribution in [0.25, 0.3) is 0 Å². The fraction of sp³-hybridized carbons (Fsp3) is 0.500. The van der Waals surface area contributed by atoms with Gasteiger partial charge in [0, 0.05) is 24.8 Å². The third kappa shape index (κ3) is 4.15. The molecule has 0 radical (unpaired) electrons. The van der Waals surface area contributed by atoms with Crippen LogP contribution in [0, 0.1) is 13.8 Å². The van der Waals surface area contributed by atoms with Crippen LogP contribution in [0.5, 0.6) is 0 Å². The molecule has 0 spiro atoms. The topological polar surface area (TPSA) is 69.7 Å². The smallest absolute Gasteiger partial charge is 0.289 e. The highest BCUT2D eigenvalue weighted by Crippen LogP contribution is 2.21. The molecule has 3 amide bonds. The van der Waals surface area contributed by atoms with Crippen molar-refractivity contribution < 1.29 is 14.4 Å². The van der Waals surface area contributed by atoms with Crippen LogP contribution >= 0.6 is 11.8 Å². The molecule has 2 aliphatic rings. The van der Waals surface area contributed by atoms with E-state index in [9.17, 15) is 14.4 Å². The van der Waals surface area contributed by atoms with Gasteiger partial charge in [-0.1, -0.05) is 17.8 Å². The van der Waals surface area contributed by atoms with Crippen LogP contribution in [-0.2, 0) is 9.59 Å². The van der Waals surface area contributed by atoms with E-state index in [2.05, 4.69) is 37.4 Å². The normalized spacial score (nSPS) is 21.0. The standard InChI is InChI=1S/C18H23N3O3S/c1-12-5-6-14(8-13(12)2)19-15-4-3-7-20(9-15)16(22)10-21-17(23)11-25-18(21)24/h5-6,8,15,19H,3-4,7,9-11H2,1-2H3/t15-/m0/s1. The van der Waals surface area contributed by atoms with E-state index in [-0.39, 0.29) is 35.4 Å². The van der Waals surface area contributed by atoms with Crippen molar-refractivity contribution in [1.29, 1.82) is 0 Å². The van der Waals surface area contributed by atoms with E-state index in [1.165, 1.54) is 11.1 Å². The Morgan fingerprint density at radius 1 is 1.28 bits per heavy atom. The molecule has 1 atom stereocenters. The van der Waals surface area contributed by atoms with Crippen molar-refractivity contribution in [3.8, 4) is 0 Å². The van der Waals surface area contributed by atoms with Crippen LogP contribution < -0.4 is 5.32 Å². The number of anilines is 1. The zero-order chi connectivity index (χ0) is 18.0. The lowest BCUT2D eigenvalue weighted by Crippen LogP contribution is -2.49. The van der Waals surface area contributed by atoms with Crippen LogP contribution in [-0.4, -0.2) is 58.3 Å². The third-order valence-corrected chi connectivity index (χ3v) is 5.64. The van der Waals surface area contributed by atoms with Crippen LogP contribution in [0.1, 0.15) is 24.0 Å². The number of thioether (sulfide) groups is 1. The van der Waals surface area contributed by atoms with E-state index in [1.807, 2.05) is 0 Å². The van der Waals surface area contributed by atoms with E-state index in [0.29, 0.717) is 13.1 Å². The number of piperidine rings is 1. The first-order valence-corrected chi connectivity index (χ1v) is 9.51. The zero-order valence-electron chi connectivity index (χ0n) is 14.6. The van der Waals surface area contributed by atoms with Crippen molar-refractivity contribution in [2.75, 3.05) is 30.7 Å². The molecule has 3 rings (SSSR count). The number of nitrogens with zero attached hydrogens (tertiary/aromatic N) is 2. The van der Waals surface area contributed by atoms with Gasteiger partial charge < -0.3 is 10.2 Å². The van der Waals surface area contributed by atoms with Crippen molar-refractivity contribution in [3.05, 3.63) is 29.3 Å². The zero-order valence-corrected chi connectivity index (χ0v) is 15.4. The number of nitrogens with one attached hydrogen (secondary N) is 1. The summed E-state index contributed by atoms with van der Waals surface area (Å²) in [4.78, 5) is 38.6. The van der Waals surface area contributed by atoms with Gasteiger partial charge in [0.1, 0.15) is 6.54 Å². The average Bonchev–Trinajstić information content (AvgIpc) is 2.90. The molecular weight excluding hydrogens is 338 g/mol. The largest absolute Gasteiger partial charge is 0.381 e. The first-order valence-electron chi connectivity index (χ1n) is 8.52. The van der Waals surface area contributed by atoms with E-state index in [0.717, 1.165) is 35.2 Å². The highest BCUT2D eigenvalue weighted by atomic mass is 32.2. The molecule has 134 valence electrons. The monoisotopic (exact) mass is 361 g/mol. The molecule has 0 bridgehead atoms. The summed E-state index contributed by atoms with van der Waals surface area (Å²) in [5.74, 6) is -0.288. The van der Waals surface area contributed by atoms with Crippen molar-refractivity contribution in [1.82, 2.24) is 9.80 Å². The first kappa shape index (κ1) is 17.8. The molecule has 1 N–H and O–H groups in total. The Kier molecular flexibility index (Phi) is 5.32. The Labute approximate surface area is 151 Å². The highest BCUT2D eigenvalue weighted by Gasteiger charge is 2.33. The number of aryl methyl sites for hydroxylation is 2. The van der Waals surface area contributed by atoms with Gasteiger partial charge in [-0.15, -0.1) is 0 Å². The highest BCUT2D eigenvalue weighted by molar-refractivity contribution is 8.14. The summed E-state index contributed by atoms with van der Waals surface area (Å²) in [7, 11) is 0. The maximum atomic E-state index is 12.5. The average molecular weight is 361 g/mol. The number of imide groups is 1. The van der Waals surface area contributed by atoms with Gasteiger partial charge in [0.2, 0.25) is 11.8 Å². The van der Waals surface area contributed by atoms with Crippen molar-refractivity contribution in [3.63, 3.8) is 0 Å². The molecule has 0 unspecified atom stereocenters. The predicted octanol–water partition coefficient (Wildman–Crippen LogP) is 2.40. The number of likely N-dealkylation sites (tertiary alicyclic amines) is 1. The Bertz CT molecular complexity index is 691. The van der Waals surface area contributed by atoms with Gasteiger partial charge >= 0.3 is 0 Å². The number of hydrogen-bond acceptors (Lipinski definition) is 5. The second-order valence-electron chi connectivity index (χ2n) is 6.66. The number of benzene rings is 1. The fourth-order valence-corrected chi connectivity index (χ4v) is 3.88. The van der Waals surface area contributed by atoms with Crippen LogP contribution in [0.3, 0.4) is 0 Å². The minimum Gasteiger partial charge on any atom is -0.381 e. The van der Waals surface area contributed by atoms with Gasteiger partial charge in [0.25, 0.3) is 5.24 Å². The van der Waals surface area contributed by atoms with Gasteiger partial charge in [-0.3, -0.25) is 19.3 Å². The minimum atomic E-state index is -0.319. The molecule has 1 aromatic carbocycles. The van der Waals surface area contributed by atoms with Crippen LogP contribution in [0.15, 0.2) is 18.2 Å². The Morgan fingerprint density at radius 3 is 2.76 bits per heavy atom. The summed E-state index contributed by atoms with van der Waals surface area (Å²) in [5, 5.41) is 3.18. The molecule has 1 aromatic rings. The van der Waals surface area contributed by atoms with Crippen LogP contribution in [0.2, 0.25) is 0 Å².